The molecule has 0 spiro atoms. The van der Waals surface area contributed by atoms with Crippen molar-refractivity contribution in [3.05, 3.63) is 29.7 Å². The molecule has 106 valence electrons. The molecule has 2 aromatic rings. The Hall–Kier alpha value is -2.44. The van der Waals surface area contributed by atoms with Crippen LogP contribution in [0, 0.1) is 6.92 Å². The smallest absolute Gasteiger partial charge is 0.305 e. The highest BCUT2D eigenvalue weighted by Gasteiger charge is 2.20. The van der Waals surface area contributed by atoms with Gasteiger partial charge < -0.3 is 10.0 Å². The van der Waals surface area contributed by atoms with Crippen LogP contribution in [0.2, 0.25) is 0 Å². The fourth-order valence-corrected chi connectivity index (χ4v) is 1.91. The lowest BCUT2D eigenvalue weighted by atomic mass is 10.2. The van der Waals surface area contributed by atoms with Crippen molar-refractivity contribution in [1.82, 2.24) is 19.5 Å². The summed E-state index contributed by atoms with van der Waals surface area (Å²) in [6.07, 6.45) is 3.13. The molecule has 1 N–H and O–H groups in total. The maximum absolute atomic E-state index is 12.4. The van der Waals surface area contributed by atoms with Crippen molar-refractivity contribution >= 4 is 17.5 Å². The Kier molecular flexibility index (Phi) is 3.97. The first-order valence-corrected chi connectivity index (χ1v) is 6.35. The Morgan fingerprint density at radius 1 is 1.45 bits per heavy atom. The number of hydrogen-bond acceptors (Lipinski definition) is 4. The van der Waals surface area contributed by atoms with Gasteiger partial charge in [0.25, 0.3) is 5.91 Å². The largest absolute Gasteiger partial charge is 0.481 e. The van der Waals surface area contributed by atoms with E-state index in [1.165, 1.54) is 15.6 Å². The number of carboxylic acid groups (broad SMARTS) is 1. The zero-order chi connectivity index (χ0) is 14.7. The molecule has 0 saturated heterocycles. The molecule has 0 unspecified atom stereocenters. The van der Waals surface area contributed by atoms with Gasteiger partial charge in [0.2, 0.25) is 0 Å². The topological polar surface area (TPSA) is 87.8 Å². The van der Waals surface area contributed by atoms with Crippen molar-refractivity contribution in [2.45, 2.75) is 20.3 Å². The molecule has 7 nitrogen and oxygen atoms in total. The van der Waals surface area contributed by atoms with Crippen molar-refractivity contribution in [2.75, 3.05) is 13.1 Å². The molecule has 2 heterocycles. The molecule has 0 aliphatic heterocycles. The fraction of sp³-hybridized carbons (Fsp3) is 0.385. The van der Waals surface area contributed by atoms with Crippen LogP contribution in [0.5, 0.6) is 0 Å². The summed E-state index contributed by atoms with van der Waals surface area (Å²) >= 11 is 0. The maximum atomic E-state index is 12.4. The number of aromatic nitrogens is 3. The van der Waals surface area contributed by atoms with Crippen molar-refractivity contribution in [2.24, 2.45) is 0 Å². The van der Waals surface area contributed by atoms with Gasteiger partial charge in [-0.15, -0.1) is 0 Å². The molecule has 0 fully saturated rings. The van der Waals surface area contributed by atoms with E-state index in [1.54, 1.807) is 12.3 Å². The van der Waals surface area contributed by atoms with E-state index in [4.69, 9.17) is 5.11 Å². The number of aliphatic carboxylic acids is 1. The summed E-state index contributed by atoms with van der Waals surface area (Å²) in [4.78, 5) is 28.8. The van der Waals surface area contributed by atoms with E-state index in [0.717, 1.165) is 5.69 Å². The van der Waals surface area contributed by atoms with E-state index in [0.29, 0.717) is 17.8 Å². The van der Waals surface area contributed by atoms with Crippen LogP contribution >= 0.6 is 0 Å². The number of amides is 1. The van der Waals surface area contributed by atoms with Crippen molar-refractivity contribution < 1.29 is 14.7 Å². The summed E-state index contributed by atoms with van der Waals surface area (Å²) in [6, 6.07) is 1.80. The van der Waals surface area contributed by atoms with Gasteiger partial charge in [0.05, 0.1) is 12.6 Å². The highest BCUT2D eigenvalue weighted by molar-refractivity contribution is 5.99. The van der Waals surface area contributed by atoms with Crippen LogP contribution in [0.25, 0.3) is 5.65 Å². The highest BCUT2D eigenvalue weighted by Crippen LogP contribution is 2.12. The van der Waals surface area contributed by atoms with E-state index in [9.17, 15) is 9.59 Å². The van der Waals surface area contributed by atoms with Crippen molar-refractivity contribution in [3.63, 3.8) is 0 Å². The van der Waals surface area contributed by atoms with Gasteiger partial charge in [0, 0.05) is 25.0 Å². The second-order valence-corrected chi connectivity index (χ2v) is 4.42. The van der Waals surface area contributed by atoms with Crippen LogP contribution in [0.3, 0.4) is 0 Å². The Morgan fingerprint density at radius 2 is 2.20 bits per heavy atom. The lowest BCUT2D eigenvalue weighted by Crippen LogP contribution is -2.32. The molecule has 0 atom stereocenters. The molecular formula is C13H16N4O3. The van der Waals surface area contributed by atoms with Gasteiger partial charge in [-0.3, -0.25) is 9.59 Å². The summed E-state index contributed by atoms with van der Waals surface area (Å²) in [5.74, 6) is -1.17. The highest BCUT2D eigenvalue weighted by atomic mass is 16.4. The monoisotopic (exact) mass is 276 g/mol. The first-order chi connectivity index (χ1) is 9.52. The van der Waals surface area contributed by atoms with E-state index in [2.05, 4.69) is 10.1 Å². The van der Waals surface area contributed by atoms with Gasteiger partial charge >= 0.3 is 5.97 Å². The van der Waals surface area contributed by atoms with Gasteiger partial charge in [-0.1, -0.05) is 0 Å². The SMILES string of the molecule is CCN(CCC(=O)O)C(=O)c1cnn2ccc(C)nc12. The summed E-state index contributed by atoms with van der Waals surface area (Å²) in [6.45, 7) is 4.26. The molecule has 0 aromatic carbocycles. The summed E-state index contributed by atoms with van der Waals surface area (Å²) in [7, 11) is 0. The van der Waals surface area contributed by atoms with Gasteiger partial charge in [-0.2, -0.15) is 5.10 Å². The van der Waals surface area contributed by atoms with Crippen LogP contribution in [0.1, 0.15) is 29.4 Å². The minimum Gasteiger partial charge on any atom is -0.481 e. The third-order valence-corrected chi connectivity index (χ3v) is 3.00. The lowest BCUT2D eigenvalue weighted by Gasteiger charge is -2.19. The van der Waals surface area contributed by atoms with Crippen LogP contribution in [-0.2, 0) is 4.79 Å². The minimum atomic E-state index is -0.926. The number of hydrogen-bond donors (Lipinski definition) is 1. The number of rotatable bonds is 5. The number of fused-ring (bicyclic) bond motifs is 1. The zero-order valence-corrected chi connectivity index (χ0v) is 11.4. The Balaban J connectivity index is 2.29. The first kappa shape index (κ1) is 14.0. The standard InChI is InChI=1S/C13H16N4O3/c1-3-16(6-5-11(18)19)13(20)10-8-14-17-7-4-9(2)15-12(10)17/h4,7-8H,3,5-6H2,1-2H3,(H,18,19). The molecule has 20 heavy (non-hydrogen) atoms. The molecule has 0 saturated carbocycles. The van der Waals surface area contributed by atoms with Gasteiger partial charge in [-0.05, 0) is 19.9 Å². The summed E-state index contributed by atoms with van der Waals surface area (Å²) in [5.41, 5.74) is 1.67. The predicted octanol–water partition coefficient (Wildman–Crippen LogP) is 0.975. The predicted molar refractivity (Wildman–Crippen MR) is 71.6 cm³/mol. The van der Waals surface area contributed by atoms with Crippen LogP contribution in [0.4, 0.5) is 0 Å². The molecule has 2 rings (SSSR count). The Labute approximate surface area is 115 Å². The number of carbonyl (C=O) groups is 2. The van der Waals surface area contributed by atoms with E-state index < -0.39 is 5.97 Å². The minimum absolute atomic E-state index is 0.0781. The molecule has 7 heteroatoms. The number of nitrogens with zero attached hydrogens (tertiary/aromatic N) is 4. The second-order valence-electron chi connectivity index (χ2n) is 4.42. The van der Waals surface area contributed by atoms with Crippen LogP contribution < -0.4 is 0 Å². The quantitative estimate of drug-likeness (QED) is 0.879. The first-order valence-electron chi connectivity index (χ1n) is 6.35. The summed E-state index contributed by atoms with van der Waals surface area (Å²) < 4.78 is 1.53. The van der Waals surface area contributed by atoms with E-state index in [1.807, 2.05) is 13.8 Å². The molecule has 1 amide bonds. The maximum Gasteiger partial charge on any atom is 0.305 e. The molecular weight excluding hydrogens is 260 g/mol. The molecule has 0 bridgehead atoms. The van der Waals surface area contributed by atoms with Crippen molar-refractivity contribution in [3.8, 4) is 0 Å². The average molecular weight is 276 g/mol. The number of carboxylic acids is 1. The van der Waals surface area contributed by atoms with Gasteiger partial charge in [0.1, 0.15) is 5.56 Å². The molecule has 2 aromatic heterocycles. The van der Waals surface area contributed by atoms with E-state index in [-0.39, 0.29) is 18.9 Å². The van der Waals surface area contributed by atoms with Crippen LogP contribution in [0.15, 0.2) is 18.5 Å². The van der Waals surface area contributed by atoms with Crippen LogP contribution in [-0.4, -0.2) is 49.6 Å². The Bertz CT molecular complexity index is 650. The summed E-state index contributed by atoms with van der Waals surface area (Å²) in [5, 5.41) is 12.8. The molecule has 0 aliphatic rings. The lowest BCUT2D eigenvalue weighted by molar-refractivity contribution is -0.137. The van der Waals surface area contributed by atoms with Gasteiger partial charge in [-0.25, -0.2) is 9.50 Å². The van der Waals surface area contributed by atoms with Gasteiger partial charge in [0.15, 0.2) is 5.65 Å². The third kappa shape index (κ3) is 2.76. The number of aryl methyl sites for hydroxylation is 1. The second kappa shape index (κ2) is 5.68. The average Bonchev–Trinajstić information content (AvgIpc) is 2.81. The van der Waals surface area contributed by atoms with E-state index >= 15 is 0 Å². The molecule has 0 aliphatic carbocycles. The Morgan fingerprint density at radius 3 is 2.85 bits per heavy atom. The number of carbonyl (C=O) groups excluding carboxylic acids is 1. The van der Waals surface area contributed by atoms with Crippen molar-refractivity contribution in [1.29, 1.82) is 0 Å². The third-order valence-electron chi connectivity index (χ3n) is 3.00. The normalized spacial score (nSPS) is 10.7. The fourth-order valence-electron chi connectivity index (χ4n) is 1.91. The molecule has 0 radical (unpaired) electrons. The zero-order valence-electron chi connectivity index (χ0n) is 11.4.